The minimum atomic E-state index is 0.208. The zero-order chi connectivity index (χ0) is 20.8. The Kier molecular flexibility index (Phi) is 6.67. The number of hydrogen-bond acceptors (Lipinski definition) is 3. The van der Waals surface area contributed by atoms with Crippen molar-refractivity contribution in [2.45, 2.75) is 13.0 Å². The molecule has 1 saturated heterocycles. The predicted octanol–water partition coefficient (Wildman–Crippen LogP) is 5.02. The van der Waals surface area contributed by atoms with Gasteiger partial charge in [0.25, 0.3) is 0 Å². The molecule has 1 amide bonds. The summed E-state index contributed by atoms with van der Waals surface area (Å²) in [7, 11) is 0. The molecule has 3 aromatic rings. The van der Waals surface area contributed by atoms with Crippen LogP contribution in [0.2, 0.25) is 5.02 Å². The van der Waals surface area contributed by atoms with Crippen molar-refractivity contribution in [1.82, 2.24) is 9.80 Å². The molecular weight excluding hydrogens is 396 g/mol. The molecule has 0 radical (unpaired) electrons. The zero-order valence-electron chi connectivity index (χ0n) is 16.8. The molecule has 0 spiro atoms. The summed E-state index contributed by atoms with van der Waals surface area (Å²) in [6, 6.07) is 25.5. The quantitative estimate of drug-likeness (QED) is 0.561. The molecule has 1 aliphatic heterocycles. The summed E-state index contributed by atoms with van der Waals surface area (Å²) in [6.45, 7) is 4.14. The van der Waals surface area contributed by atoms with Crippen LogP contribution in [-0.2, 0) is 17.8 Å². The fraction of sp³-hybridized carbons (Fsp3) is 0.240. The van der Waals surface area contributed by atoms with E-state index in [0.717, 1.165) is 49.8 Å². The van der Waals surface area contributed by atoms with Crippen molar-refractivity contribution in [2.75, 3.05) is 26.2 Å². The van der Waals surface area contributed by atoms with Gasteiger partial charge in [-0.15, -0.1) is 0 Å². The maximum absolute atomic E-state index is 12.6. The Morgan fingerprint density at radius 3 is 2.23 bits per heavy atom. The van der Waals surface area contributed by atoms with Crippen LogP contribution < -0.4 is 4.74 Å². The Labute approximate surface area is 182 Å². The van der Waals surface area contributed by atoms with E-state index in [4.69, 9.17) is 16.3 Å². The predicted molar refractivity (Wildman–Crippen MR) is 120 cm³/mol. The normalized spacial score (nSPS) is 14.5. The Bertz CT molecular complexity index is 968. The highest BCUT2D eigenvalue weighted by molar-refractivity contribution is 6.30. The number of benzene rings is 3. The maximum atomic E-state index is 12.6. The third-order valence-corrected chi connectivity index (χ3v) is 5.53. The molecule has 4 rings (SSSR count). The van der Waals surface area contributed by atoms with Crippen LogP contribution in [0.15, 0.2) is 78.9 Å². The average Bonchev–Trinajstić information content (AvgIpc) is 2.77. The van der Waals surface area contributed by atoms with Crippen LogP contribution in [0.3, 0.4) is 0 Å². The summed E-state index contributed by atoms with van der Waals surface area (Å²) in [5.41, 5.74) is 2.27. The van der Waals surface area contributed by atoms with Gasteiger partial charge in [0.15, 0.2) is 0 Å². The zero-order valence-corrected chi connectivity index (χ0v) is 17.6. The van der Waals surface area contributed by atoms with Gasteiger partial charge in [0.1, 0.15) is 11.5 Å². The number of carbonyl (C=O) groups excluding carboxylic acids is 1. The number of hydrogen-bond donors (Lipinski definition) is 0. The van der Waals surface area contributed by atoms with Gasteiger partial charge in [-0.2, -0.15) is 0 Å². The largest absolute Gasteiger partial charge is 0.457 e. The number of rotatable bonds is 6. The summed E-state index contributed by atoms with van der Waals surface area (Å²) >= 11 is 5.93. The molecule has 0 unspecified atom stereocenters. The van der Waals surface area contributed by atoms with Gasteiger partial charge in [-0.25, -0.2) is 0 Å². The van der Waals surface area contributed by atoms with E-state index >= 15 is 0 Å². The molecule has 5 heteroatoms. The summed E-state index contributed by atoms with van der Waals surface area (Å²) in [5, 5.41) is 0.692. The molecule has 0 bridgehead atoms. The van der Waals surface area contributed by atoms with Gasteiger partial charge in [-0.3, -0.25) is 9.69 Å². The number of amides is 1. The smallest absolute Gasteiger partial charge is 0.227 e. The van der Waals surface area contributed by atoms with Gasteiger partial charge >= 0.3 is 0 Å². The van der Waals surface area contributed by atoms with Crippen LogP contribution in [0.4, 0.5) is 0 Å². The lowest BCUT2D eigenvalue weighted by Gasteiger charge is -2.35. The molecule has 0 aromatic heterocycles. The number of carbonyl (C=O) groups is 1. The maximum Gasteiger partial charge on any atom is 0.227 e. The Balaban J connectivity index is 1.28. The lowest BCUT2D eigenvalue weighted by atomic mass is 10.1. The monoisotopic (exact) mass is 420 g/mol. The van der Waals surface area contributed by atoms with Crippen LogP contribution in [0.5, 0.6) is 11.5 Å². The van der Waals surface area contributed by atoms with Gasteiger partial charge in [0, 0.05) is 37.7 Å². The molecule has 4 nitrogen and oxygen atoms in total. The highest BCUT2D eigenvalue weighted by Crippen LogP contribution is 2.24. The fourth-order valence-corrected chi connectivity index (χ4v) is 3.77. The van der Waals surface area contributed by atoms with E-state index in [1.54, 1.807) is 0 Å². The standard InChI is InChI=1S/C25H25ClN2O2/c26-22-9-11-23(12-10-22)30-24-8-4-7-21(17-24)19-27-13-15-28(16-14-27)25(29)18-20-5-2-1-3-6-20/h1-12,17H,13-16,18-19H2. The lowest BCUT2D eigenvalue weighted by molar-refractivity contribution is -0.132. The fourth-order valence-electron chi connectivity index (χ4n) is 3.64. The highest BCUT2D eigenvalue weighted by Gasteiger charge is 2.21. The second kappa shape index (κ2) is 9.79. The first-order valence-corrected chi connectivity index (χ1v) is 10.6. The van der Waals surface area contributed by atoms with Gasteiger partial charge in [0.05, 0.1) is 6.42 Å². The van der Waals surface area contributed by atoms with Crippen molar-refractivity contribution >= 4 is 17.5 Å². The second-order valence-electron chi connectivity index (χ2n) is 7.52. The Hall–Kier alpha value is -2.82. The van der Waals surface area contributed by atoms with Crippen LogP contribution in [0.1, 0.15) is 11.1 Å². The molecule has 0 N–H and O–H groups in total. The summed E-state index contributed by atoms with van der Waals surface area (Å²) in [6.07, 6.45) is 0.477. The average molecular weight is 421 g/mol. The minimum Gasteiger partial charge on any atom is -0.457 e. The van der Waals surface area contributed by atoms with Gasteiger partial charge in [-0.1, -0.05) is 54.1 Å². The van der Waals surface area contributed by atoms with Crippen molar-refractivity contribution in [3.05, 3.63) is 95.0 Å². The summed E-state index contributed by atoms with van der Waals surface area (Å²) in [5.74, 6) is 1.79. The molecule has 0 aliphatic carbocycles. The first-order chi connectivity index (χ1) is 14.7. The van der Waals surface area contributed by atoms with E-state index in [-0.39, 0.29) is 5.91 Å². The summed E-state index contributed by atoms with van der Waals surface area (Å²) in [4.78, 5) is 16.9. The summed E-state index contributed by atoms with van der Waals surface area (Å²) < 4.78 is 5.94. The van der Waals surface area contributed by atoms with E-state index in [1.165, 1.54) is 5.56 Å². The van der Waals surface area contributed by atoms with E-state index in [1.807, 2.05) is 71.6 Å². The number of halogens is 1. The molecule has 1 aliphatic rings. The number of ether oxygens (including phenoxy) is 1. The Morgan fingerprint density at radius 2 is 1.50 bits per heavy atom. The molecule has 1 heterocycles. The molecule has 0 saturated carbocycles. The molecular formula is C25H25ClN2O2. The van der Waals surface area contributed by atoms with Crippen LogP contribution in [0, 0.1) is 0 Å². The third kappa shape index (κ3) is 5.62. The second-order valence-corrected chi connectivity index (χ2v) is 7.96. The van der Waals surface area contributed by atoms with Crippen LogP contribution in [0.25, 0.3) is 0 Å². The van der Waals surface area contributed by atoms with Gasteiger partial charge in [-0.05, 0) is 47.5 Å². The van der Waals surface area contributed by atoms with Gasteiger partial charge in [0.2, 0.25) is 5.91 Å². The number of nitrogens with zero attached hydrogens (tertiary/aromatic N) is 2. The minimum absolute atomic E-state index is 0.208. The molecule has 154 valence electrons. The molecule has 3 aromatic carbocycles. The van der Waals surface area contributed by atoms with E-state index in [9.17, 15) is 4.79 Å². The van der Waals surface area contributed by atoms with Crippen molar-refractivity contribution in [3.63, 3.8) is 0 Å². The highest BCUT2D eigenvalue weighted by atomic mass is 35.5. The third-order valence-electron chi connectivity index (χ3n) is 5.28. The van der Waals surface area contributed by atoms with Crippen molar-refractivity contribution in [3.8, 4) is 11.5 Å². The van der Waals surface area contributed by atoms with Crippen molar-refractivity contribution in [1.29, 1.82) is 0 Å². The molecule has 1 fully saturated rings. The van der Waals surface area contributed by atoms with E-state index < -0.39 is 0 Å². The molecule has 30 heavy (non-hydrogen) atoms. The van der Waals surface area contributed by atoms with Crippen molar-refractivity contribution < 1.29 is 9.53 Å². The van der Waals surface area contributed by atoms with E-state index in [0.29, 0.717) is 11.4 Å². The lowest BCUT2D eigenvalue weighted by Crippen LogP contribution is -2.48. The van der Waals surface area contributed by atoms with Gasteiger partial charge < -0.3 is 9.64 Å². The first kappa shape index (κ1) is 20.5. The molecule has 0 atom stereocenters. The van der Waals surface area contributed by atoms with Crippen LogP contribution in [-0.4, -0.2) is 41.9 Å². The van der Waals surface area contributed by atoms with Crippen LogP contribution >= 0.6 is 11.6 Å². The number of piperazine rings is 1. The van der Waals surface area contributed by atoms with E-state index in [2.05, 4.69) is 17.0 Å². The topological polar surface area (TPSA) is 32.8 Å². The Morgan fingerprint density at radius 1 is 0.800 bits per heavy atom. The van der Waals surface area contributed by atoms with Crippen molar-refractivity contribution in [2.24, 2.45) is 0 Å². The first-order valence-electron chi connectivity index (χ1n) is 10.2. The SMILES string of the molecule is O=C(Cc1ccccc1)N1CCN(Cc2cccc(Oc3ccc(Cl)cc3)c2)CC1.